The third-order valence-corrected chi connectivity index (χ3v) is 8.28. The van der Waals surface area contributed by atoms with Gasteiger partial charge in [0.2, 0.25) is 11.9 Å². The van der Waals surface area contributed by atoms with Crippen molar-refractivity contribution in [3.8, 4) is 0 Å². The molecule has 1 amide bonds. The lowest BCUT2D eigenvalue weighted by atomic mass is 9.65. The summed E-state index contributed by atoms with van der Waals surface area (Å²) in [5.41, 5.74) is 9.90. The summed E-state index contributed by atoms with van der Waals surface area (Å²) in [6, 6.07) is 26.1. The maximum Gasteiger partial charge on any atom is 0.258 e. The molecule has 4 aromatic rings. The van der Waals surface area contributed by atoms with Crippen LogP contribution < -0.4 is 16.0 Å². The predicted octanol–water partition coefficient (Wildman–Crippen LogP) is 5.16. The Morgan fingerprint density at radius 1 is 0.929 bits per heavy atom. The van der Waals surface area contributed by atoms with Gasteiger partial charge < -0.3 is 20.7 Å². The van der Waals surface area contributed by atoms with Crippen LogP contribution >= 0.6 is 0 Å². The second-order valence-corrected chi connectivity index (χ2v) is 11.9. The second kappa shape index (κ2) is 11.2. The summed E-state index contributed by atoms with van der Waals surface area (Å²) in [7, 11) is 0. The van der Waals surface area contributed by atoms with Crippen molar-refractivity contribution in [1.82, 2.24) is 19.9 Å². The van der Waals surface area contributed by atoms with Crippen molar-refractivity contribution in [2.75, 3.05) is 42.3 Å². The van der Waals surface area contributed by atoms with Gasteiger partial charge in [-0.25, -0.2) is 0 Å². The van der Waals surface area contributed by atoms with E-state index < -0.39 is 5.54 Å². The number of nitrogens with zero attached hydrogens (tertiary/aromatic N) is 5. The molecule has 1 fully saturated rings. The van der Waals surface area contributed by atoms with Crippen molar-refractivity contribution in [1.29, 1.82) is 0 Å². The van der Waals surface area contributed by atoms with Crippen LogP contribution in [0.3, 0.4) is 0 Å². The highest BCUT2D eigenvalue weighted by atomic mass is 16.5. The smallest absolute Gasteiger partial charge is 0.258 e. The molecule has 0 bridgehead atoms. The van der Waals surface area contributed by atoms with Gasteiger partial charge in [0.25, 0.3) is 5.91 Å². The van der Waals surface area contributed by atoms with Gasteiger partial charge in [-0.15, -0.1) is 0 Å². The maximum absolute atomic E-state index is 14.0. The number of nitrogens with one attached hydrogen (secondary N) is 1. The minimum Gasteiger partial charge on any atom is -0.379 e. The fourth-order valence-corrected chi connectivity index (χ4v) is 6.43. The number of ether oxygens (including phenoxy) is 1. The molecule has 9 heteroatoms. The Labute approximate surface area is 246 Å². The lowest BCUT2D eigenvalue weighted by Gasteiger charge is -2.51. The minimum absolute atomic E-state index is 0.0179. The van der Waals surface area contributed by atoms with E-state index in [0.29, 0.717) is 37.1 Å². The molecular formula is C33H37N7O2. The van der Waals surface area contributed by atoms with Crippen LogP contribution in [0.4, 0.5) is 23.3 Å². The monoisotopic (exact) mass is 563 g/mol. The zero-order valence-corrected chi connectivity index (χ0v) is 24.4. The van der Waals surface area contributed by atoms with Crippen LogP contribution in [-0.4, -0.2) is 57.6 Å². The van der Waals surface area contributed by atoms with E-state index in [9.17, 15) is 4.79 Å². The van der Waals surface area contributed by atoms with Gasteiger partial charge in [-0.3, -0.25) is 9.69 Å². The molecule has 9 nitrogen and oxygen atoms in total. The Kier molecular flexibility index (Phi) is 7.38. The molecule has 2 aliphatic rings. The summed E-state index contributed by atoms with van der Waals surface area (Å²) in [6.45, 7) is 10.2. The zero-order chi connectivity index (χ0) is 29.3. The first kappa shape index (κ1) is 27.8. The van der Waals surface area contributed by atoms with Crippen LogP contribution in [0.15, 0.2) is 78.9 Å². The number of amides is 1. The third kappa shape index (κ3) is 5.45. The van der Waals surface area contributed by atoms with Crippen LogP contribution in [0.1, 0.15) is 54.5 Å². The highest BCUT2D eigenvalue weighted by molar-refractivity contribution is 6.08. The fraction of sp³-hybridized carbons (Fsp3) is 0.333. The summed E-state index contributed by atoms with van der Waals surface area (Å²) < 4.78 is 5.46. The standard InChI is InChI=1S/C33H37N7O2/c1-32(2)22-33(3,24-12-8-5-9-13-24)26-20-25(14-15-27(26)40(32)29(41)23-10-6-4-7-11-23)35-31-37-28(36-30(34)38-31)21-39-16-18-42-19-17-39/h4-15,20H,16-19,21-22H2,1-3H3,(H3,34,35,36,37,38). The molecule has 0 aliphatic carbocycles. The molecular weight excluding hydrogens is 526 g/mol. The van der Waals surface area contributed by atoms with Gasteiger partial charge in [0, 0.05) is 41.0 Å². The number of rotatable bonds is 6. The van der Waals surface area contributed by atoms with Gasteiger partial charge in [-0.05, 0) is 61.7 Å². The molecule has 1 aromatic heterocycles. The first-order valence-electron chi connectivity index (χ1n) is 14.4. The molecule has 1 atom stereocenters. The topological polar surface area (TPSA) is 110 Å². The number of hydrogen-bond donors (Lipinski definition) is 2. The van der Waals surface area contributed by atoms with E-state index in [2.05, 4.69) is 76.3 Å². The number of nitrogens with two attached hydrogens (primary N) is 1. The average Bonchev–Trinajstić information content (AvgIpc) is 2.98. The van der Waals surface area contributed by atoms with Crippen molar-refractivity contribution in [2.45, 2.75) is 44.7 Å². The molecule has 1 unspecified atom stereocenters. The molecule has 42 heavy (non-hydrogen) atoms. The van der Waals surface area contributed by atoms with Gasteiger partial charge >= 0.3 is 0 Å². The van der Waals surface area contributed by atoms with Gasteiger partial charge in [0.05, 0.1) is 19.8 Å². The number of benzene rings is 3. The van der Waals surface area contributed by atoms with Gasteiger partial charge in [0.1, 0.15) is 5.82 Å². The summed E-state index contributed by atoms with van der Waals surface area (Å²) in [4.78, 5) is 31.6. The molecule has 3 N–H and O–H groups in total. The SMILES string of the molecule is CC1(c2ccccc2)CC(C)(C)N(C(=O)c2ccccc2)c2ccc(Nc3nc(N)nc(CN4CCOCC4)n3)cc21. The number of carbonyl (C=O) groups is 1. The van der Waals surface area contributed by atoms with Gasteiger partial charge in [0.15, 0.2) is 0 Å². The first-order chi connectivity index (χ1) is 20.2. The van der Waals surface area contributed by atoms with E-state index >= 15 is 0 Å². The second-order valence-electron chi connectivity index (χ2n) is 11.9. The molecule has 0 radical (unpaired) electrons. The van der Waals surface area contributed by atoms with Crippen molar-refractivity contribution in [3.63, 3.8) is 0 Å². The first-order valence-corrected chi connectivity index (χ1v) is 14.4. The molecule has 3 aromatic carbocycles. The quantitative estimate of drug-likeness (QED) is 0.331. The van der Waals surface area contributed by atoms with Crippen LogP contribution in [0.25, 0.3) is 0 Å². The lowest BCUT2D eigenvalue weighted by molar-refractivity contribution is 0.0331. The van der Waals surface area contributed by atoms with E-state index in [1.54, 1.807) is 0 Å². The number of nitrogen functional groups attached to an aromatic ring is 1. The number of anilines is 4. The van der Waals surface area contributed by atoms with E-state index in [1.165, 1.54) is 5.56 Å². The highest BCUT2D eigenvalue weighted by Gasteiger charge is 2.48. The Balaban J connectivity index is 1.40. The molecule has 216 valence electrons. The molecule has 3 heterocycles. The Hall–Kier alpha value is -4.34. The lowest BCUT2D eigenvalue weighted by Crippen LogP contribution is -2.55. The normalized spacial score (nSPS) is 20.1. The van der Waals surface area contributed by atoms with Crippen molar-refractivity contribution < 1.29 is 9.53 Å². The summed E-state index contributed by atoms with van der Waals surface area (Å²) in [5, 5.41) is 3.37. The third-order valence-electron chi connectivity index (χ3n) is 8.28. The van der Waals surface area contributed by atoms with E-state index in [1.807, 2.05) is 53.4 Å². The van der Waals surface area contributed by atoms with Crippen LogP contribution in [0.2, 0.25) is 0 Å². The van der Waals surface area contributed by atoms with Crippen LogP contribution in [-0.2, 0) is 16.7 Å². The van der Waals surface area contributed by atoms with Crippen LogP contribution in [0.5, 0.6) is 0 Å². The summed E-state index contributed by atoms with van der Waals surface area (Å²) in [6.07, 6.45) is 0.738. The molecule has 0 saturated carbocycles. The number of carbonyl (C=O) groups excluding carboxylic acids is 1. The molecule has 1 saturated heterocycles. The predicted molar refractivity (Wildman–Crippen MR) is 165 cm³/mol. The summed E-state index contributed by atoms with van der Waals surface area (Å²) >= 11 is 0. The van der Waals surface area contributed by atoms with E-state index in [0.717, 1.165) is 36.4 Å². The van der Waals surface area contributed by atoms with Gasteiger partial charge in [-0.2, -0.15) is 15.0 Å². The Morgan fingerprint density at radius 2 is 1.62 bits per heavy atom. The Morgan fingerprint density at radius 3 is 2.33 bits per heavy atom. The van der Waals surface area contributed by atoms with Gasteiger partial charge in [-0.1, -0.05) is 55.5 Å². The van der Waals surface area contributed by atoms with Crippen molar-refractivity contribution in [3.05, 3.63) is 101 Å². The minimum atomic E-state index is -0.448. The van der Waals surface area contributed by atoms with Crippen LogP contribution in [0, 0.1) is 0 Å². The molecule has 2 aliphatic heterocycles. The van der Waals surface area contributed by atoms with Crippen molar-refractivity contribution >= 4 is 29.2 Å². The number of fused-ring (bicyclic) bond motifs is 1. The zero-order valence-electron chi connectivity index (χ0n) is 24.4. The largest absolute Gasteiger partial charge is 0.379 e. The highest BCUT2D eigenvalue weighted by Crippen LogP contribution is 2.51. The fourth-order valence-electron chi connectivity index (χ4n) is 6.43. The Bertz CT molecular complexity index is 1570. The molecule has 0 spiro atoms. The average molecular weight is 564 g/mol. The number of hydrogen-bond acceptors (Lipinski definition) is 8. The van der Waals surface area contributed by atoms with E-state index in [-0.39, 0.29) is 17.3 Å². The van der Waals surface area contributed by atoms with Crippen molar-refractivity contribution in [2.24, 2.45) is 0 Å². The number of morpholine rings is 1. The maximum atomic E-state index is 14.0. The summed E-state index contributed by atoms with van der Waals surface area (Å²) in [5.74, 6) is 1.15. The number of aromatic nitrogens is 3. The van der Waals surface area contributed by atoms with E-state index in [4.69, 9.17) is 10.5 Å². The molecule has 6 rings (SSSR count).